The van der Waals surface area contributed by atoms with E-state index in [1.807, 2.05) is 24.3 Å². The molecular formula is C17H13ClN2O3. The van der Waals surface area contributed by atoms with Crippen molar-refractivity contribution in [3.63, 3.8) is 0 Å². The second-order valence-electron chi connectivity index (χ2n) is 4.85. The number of halogens is 1. The van der Waals surface area contributed by atoms with Gasteiger partial charge in [0.1, 0.15) is 0 Å². The Kier molecular flexibility index (Phi) is 4.39. The molecule has 1 aromatic heterocycles. The lowest BCUT2D eigenvalue weighted by Gasteiger charge is -1.99. The van der Waals surface area contributed by atoms with Gasteiger partial charge in [-0.1, -0.05) is 47.1 Å². The van der Waals surface area contributed by atoms with Crippen molar-refractivity contribution < 1.29 is 14.1 Å². The van der Waals surface area contributed by atoms with Crippen LogP contribution in [0.15, 0.2) is 53.1 Å². The van der Waals surface area contributed by atoms with E-state index in [2.05, 4.69) is 14.9 Å². The SMILES string of the molecule is COC(=O)c1ccc(-c2noc(Cc3ccccc3Cl)n2)cc1. The van der Waals surface area contributed by atoms with E-state index in [0.717, 1.165) is 11.1 Å². The Balaban J connectivity index is 1.79. The van der Waals surface area contributed by atoms with Gasteiger partial charge in [-0.25, -0.2) is 4.79 Å². The average molecular weight is 329 g/mol. The largest absolute Gasteiger partial charge is 0.465 e. The van der Waals surface area contributed by atoms with Crippen molar-refractivity contribution in [2.75, 3.05) is 7.11 Å². The number of nitrogens with zero attached hydrogens (tertiary/aromatic N) is 2. The summed E-state index contributed by atoms with van der Waals surface area (Å²) in [5.41, 5.74) is 2.15. The molecular weight excluding hydrogens is 316 g/mol. The van der Waals surface area contributed by atoms with Gasteiger partial charge in [-0.05, 0) is 23.8 Å². The van der Waals surface area contributed by atoms with E-state index < -0.39 is 0 Å². The Morgan fingerprint density at radius 3 is 2.61 bits per heavy atom. The summed E-state index contributed by atoms with van der Waals surface area (Å²) in [5, 5.41) is 4.62. The maximum absolute atomic E-state index is 11.4. The molecule has 0 spiro atoms. The summed E-state index contributed by atoms with van der Waals surface area (Å²) in [6.07, 6.45) is 0.465. The van der Waals surface area contributed by atoms with Crippen LogP contribution in [0.5, 0.6) is 0 Å². The van der Waals surface area contributed by atoms with E-state index in [0.29, 0.717) is 28.7 Å². The molecule has 0 atom stereocenters. The van der Waals surface area contributed by atoms with Crippen molar-refractivity contribution in [3.05, 3.63) is 70.6 Å². The molecule has 6 heteroatoms. The van der Waals surface area contributed by atoms with Crippen molar-refractivity contribution in [2.45, 2.75) is 6.42 Å². The normalized spacial score (nSPS) is 10.5. The highest BCUT2D eigenvalue weighted by atomic mass is 35.5. The van der Waals surface area contributed by atoms with Gasteiger partial charge in [-0.15, -0.1) is 0 Å². The van der Waals surface area contributed by atoms with Crippen molar-refractivity contribution in [1.82, 2.24) is 10.1 Å². The number of rotatable bonds is 4. The molecule has 3 aromatic rings. The molecule has 3 rings (SSSR count). The van der Waals surface area contributed by atoms with Crippen molar-refractivity contribution in [3.8, 4) is 11.4 Å². The topological polar surface area (TPSA) is 65.2 Å². The van der Waals surface area contributed by atoms with E-state index in [1.54, 1.807) is 24.3 Å². The summed E-state index contributed by atoms with van der Waals surface area (Å²) < 4.78 is 9.93. The smallest absolute Gasteiger partial charge is 0.337 e. The van der Waals surface area contributed by atoms with Crippen LogP contribution < -0.4 is 0 Å². The highest BCUT2D eigenvalue weighted by Gasteiger charge is 2.12. The van der Waals surface area contributed by atoms with Crippen LogP contribution in [0.25, 0.3) is 11.4 Å². The molecule has 0 N–H and O–H groups in total. The second-order valence-corrected chi connectivity index (χ2v) is 5.26. The number of ether oxygens (including phenoxy) is 1. The lowest BCUT2D eigenvalue weighted by atomic mass is 10.1. The van der Waals surface area contributed by atoms with E-state index in [9.17, 15) is 4.79 Å². The second kappa shape index (κ2) is 6.62. The van der Waals surface area contributed by atoms with Gasteiger partial charge in [0.25, 0.3) is 0 Å². The van der Waals surface area contributed by atoms with Gasteiger partial charge in [0.05, 0.1) is 19.1 Å². The fourth-order valence-electron chi connectivity index (χ4n) is 2.12. The van der Waals surface area contributed by atoms with Crippen LogP contribution in [0.4, 0.5) is 0 Å². The van der Waals surface area contributed by atoms with Crippen molar-refractivity contribution in [1.29, 1.82) is 0 Å². The Morgan fingerprint density at radius 2 is 1.91 bits per heavy atom. The molecule has 0 aliphatic rings. The molecule has 5 nitrogen and oxygen atoms in total. The molecule has 0 amide bonds. The lowest BCUT2D eigenvalue weighted by molar-refractivity contribution is 0.0601. The number of esters is 1. The summed E-state index contributed by atoms with van der Waals surface area (Å²) in [6.45, 7) is 0. The molecule has 0 aliphatic carbocycles. The van der Waals surface area contributed by atoms with E-state index in [1.165, 1.54) is 7.11 Å². The summed E-state index contributed by atoms with van der Waals surface area (Å²) in [7, 11) is 1.34. The Bertz CT molecular complexity index is 828. The lowest BCUT2D eigenvalue weighted by Crippen LogP contribution is -2.00. The number of benzene rings is 2. The zero-order chi connectivity index (χ0) is 16.2. The first-order valence-corrected chi connectivity index (χ1v) is 7.30. The van der Waals surface area contributed by atoms with Gasteiger partial charge in [-0.3, -0.25) is 0 Å². The molecule has 2 aromatic carbocycles. The van der Waals surface area contributed by atoms with Crippen molar-refractivity contribution >= 4 is 17.6 Å². The van der Waals surface area contributed by atoms with Crippen LogP contribution in [0, 0.1) is 0 Å². The molecule has 0 radical (unpaired) electrons. The molecule has 1 heterocycles. The molecule has 0 unspecified atom stereocenters. The minimum absolute atomic E-state index is 0.385. The number of methoxy groups -OCH3 is 1. The monoisotopic (exact) mass is 328 g/mol. The predicted molar refractivity (Wildman–Crippen MR) is 85.3 cm³/mol. The standard InChI is InChI=1S/C17H13ClN2O3/c1-22-17(21)12-8-6-11(7-9-12)16-19-15(23-20-16)10-13-4-2-3-5-14(13)18/h2-9H,10H2,1H3. The minimum atomic E-state index is -0.385. The Morgan fingerprint density at radius 1 is 1.17 bits per heavy atom. The van der Waals surface area contributed by atoms with Crippen LogP contribution in [0.3, 0.4) is 0 Å². The summed E-state index contributed by atoms with van der Waals surface area (Å²) >= 11 is 6.13. The van der Waals surface area contributed by atoms with Gasteiger partial charge in [0, 0.05) is 10.6 Å². The molecule has 0 fully saturated rings. The number of carbonyl (C=O) groups excluding carboxylic acids is 1. The summed E-state index contributed by atoms with van der Waals surface area (Å²) in [5.74, 6) is 0.553. The first kappa shape index (κ1) is 15.2. The summed E-state index contributed by atoms with van der Waals surface area (Å²) in [6, 6.07) is 14.3. The van der Waals surface area contributed by atoms with Crippen LogP contribution in [0.1, 0.15) is 21.8 Å². The molecule has 0 aliphatic heterocycles. The van der Waals surface area contributed by atoms with Gasteiger partial charge in [0.15, 0.2) is 0 Å². The quantitative estimate of drug-likeness (QED) is 0.682. The number of carbonyl (C=O) groups is 1. The molecule has 0 saturated carbocycles. The minimum Gasteiger partial charge on any atom is -0.465 e. The fourth-order valence-corrected chi connectivity index (χ4v) is 2.32. The molecule has 116 valence electrons. The van der Waals surface area contributed by atoms with Gasteiger partial charge in [0.2, 0.25) is 11.7 Å². The Hall–Kier alpha value is -2.66. The fraction of sp³-hybridized carbons (Fsp3) is 0.118. The van der Waals surface area contributed by atoms with E-state index in [4.69, 9.17) is 16.1 Å². The third kappa shape index (κ3) is 3.40. The highest BCUT2D eigenvalue weighted by Crippen LogP contribution is 2.21. The number of aromatic nitrogens is 2. The van der Waals surface area contributed by atoms with Crippen LogP contribution in [-0.2, 0) is 11.2 Å². The van der Waals surface area contributed by atoms with Crippen molar-refractivity contribution in [2.24, 2.45) is 0 Å². The van der Waals surface area contributed by atoms with Crippen LogP contribution in [0.2, 0.25) is 5.02 Å². The maximum Gasteiger partial charge on any atom is 0.337 e. The van der Waals surface area contributed by atoms with E-state index in [-0.39, 0.29) is 5.97 Å². The third-order valence-corrected chi connectivity index (χ3v) is 3.70. The Labute approximate surface area is 137 Å². The number of hydrogen-bond acceptors (Lipinski definition) is 5. The van der Waals surface area contributed by atoms with E-state index >= 15 is 0 Å². The molecule has 23 heavy (non-hydrogen) atoms. The summed E-state index contributed by atoms with van der Waals surface area (Å²) in [4.78, 5) is 15.8. The van der Waals surface area contributed by atoms with Gasteiger partial charge >= 0.3 is 5.97 Å². The third-order valence-electron chi connectivity index (χ3n) is 3.33. The zero-order valence-electron chi connectivity index (χ0n) is 12.3. The van der Waals surface area contributed by atoms with Gasteiger partial charge < -0.3 is 9.26 Å². The van der Waals surface area contributed by atoms with Crippen LogP contribution >= 0.6 is 11.6 Å². The maximum atomic E-state index is 11.4. The van der Waals surface area contributed by atoms with Crippen LogP contribution in [-0.4, -0.2) is 23.2 Å². The predicted octanol–water partition coefficient (Wildman–Crippen LogP) is 3.77. The van der Waals surface area contributed by atoms with Gasteiger partial charge in [-0.2, -0.15) is 4.98 Å². The highest BCUT2D eigenvalue weighted by molar-refractivity contribution is 6.31. The average Bonchev–Trinajstić information content (AvgIpc) is 3.05. The molecule has 0 bridgehead atoms. The first-order valence-electron chi connectivity index (χ1n) is 6.92. The number of hydrogen-bond donors (Lipinski definition) is 0. The first-order chi connectivity index (χ1) is 11.2. The zero-order valence-corrected chi connectivity index (χ0v) is 13.1. The molecule has 0 saturated heterocycles.